The zero-order chi connectivity index (χ0) is 21.4. The highest BCUT2D eigenvalue weighted by atomic mass is 16.6. The second-order valence-electron chi connectivity index (χ2n) is 12.1. The molecule has 0 radical (unpaired) electrons. The Labute approximate surface area is 180 Å². The predicted octanol–water partition coefficient (Wildman–Crippen LogP) is 3.86. The van der Waals surface area contributed by atoms with Crippen LogP contribution in [0.5, 0.6) is 0 Å². The summed E-state index contributed by atoms with van der Waals surface area (Å²) in [6.45, 7) is 7.22. The third-order valence-corrected chi connectivity index (χ3v) is 10.8. The van der Waals surface area contributed by atoms with E-state index in [1.54, 1.807) is 0 Å². The van der Waals surface area contributed by atoms with Gasteiger partial charge in [0.05, 0.1) is 18.3 Å². The first kappa shape index (κ1) is 21.2. The van der Waals surface area contributed by atoms with Crippen LogP contribution < -0.4 is 0 Å². The number of rotatable bonds is 4. The molecule has 5 heteroatoms. The highest BCUT2D eigenvalue weighted by Gasteiger charge is 2.62. The molecule has 0 bridgehead atoms. The number of aliphatic carboxylic acids is 1. The molecule has 5 unspecified atom stereocenters. The monoisotopic (exact) mass is 420 g/mol. The van der Waals surface area contributed by atoms with Crippen molar-refractivity contribution in [3.8, 4) is 0 Å². The molecule has 1 heterocycles. The SMILES string of the molecule is C[C@H](CC1OC1C(=O)O)[C@H]1CCC2C3C[C@H](O)[C@@H]4C[C@H](O)CC[C@]4(C)C3CC[C@@]21C. The number of aliphatic hydroxyl groups is 2. The van der Waals surface area contributed by atoms with Crippen molar-refractivity contribution in [1.29, 1.82) is 0 Å². The lowest BCUT2D eigenvalue weighted by molar-refractivity contribution is -0.172. The molecular formula is C25H40O5. The minimum absolute atomic E-state index is 0.0960. The van der Waals surface area contributed by atoms with Crippen LogP contribution in [0.3, 0.4) is 0 Å². The fourth-order valence-electron chi connectivity index (χ4n) is 9.32. The average molecular weight is 421 g/mol. The van der Waals surface area contributed by atoms with Crippen LogP contribution in [-0.4, -0.2) is 45.7 Å². The third-order valence-electron chi connectivity index (χ3n) is 10.8. The van der Waals surface area contributed by atoms with Crippen molar-refractivity contribution >= 4 is 5.97 Å². The largest absolute Gasteiger partial charge is 0.479 e. The summed E-state index contributed by atoms with van der Waals surface area (Å²) in [5.74, 6) is 2.47. The van der Waals surface area contributed by atoms with Crippen LogP contribution in [0.25, 0.3) is 0 Å². The van der Waals surface area contributed by atoms with E-state index in [-0.39, 0.29) is 29.6 Å². The number of hydrogen-bond acceptors (Lipinski definition) is 4. The first-order chi connectivity index (χ1) is 14.1. The van der Waals surface area contributed by atoms with Gasteiger partial charge in [-0.2, -0.15) is 0 Å². The van der Waals surface area contributed by atoms with Gasteiger partial charge >= 0.3 is 5.97 Å². The summed E-state index contributed by atoms with van der Waals surface area (Å²) in [4.78, 5) is 11.2. The number of ether oxygens (including phenoxy) is 1. The van der Waals surface area contributed by atoms with Gasteiger partial charge in [0.1, 0.15) is 0 Å². The minimum atomic E-state index is -0.820. The van der Waals surface area contributed by atoms with Crippen LogP contribution >= 0.6 is 0 Å². The zero-order valence-electron chi connectivity index (χ0n) is 18.8. The van der Waals surface area contributed by atoms with Gasteiger partial charge in [-0.1, -0.05) is 20.8 Å². The summed E-state index contributed by atoms with van der Waals surface area (Å²) in [5.41, 5.74) is 0.467. The molecule has 0 aromatic carbocycles. The van der Waals surface area contributed by atoms with Crippen LogP contribution in [0.2, 0.25) is 0 Å². The summed E-state index contributed by atoms with van der Waals surface area (Å²) < 4.78 is 5.41. The van der Waals surface area contributed by atoms with E-state index in [1.807, 2.05) is 0 Å². The lowest BCUT2D eigenvalue weighted by Gasteiger charge is -2.62. The van der Waals surface area contributed by atoms with E-state index < -0.39 is 12.1 Å². The summed E-state index contributed by atoms with van der Waals surface area (Å²) in [7, 11) is 0. The van der Waals surface area contributed by atoms with Gasteiger partial charge in [-0.05, 0) is 104 Å². The van der Waals surface area contributed by atoms with E-state index in [0.717, 1.165) is 32.1 Å². The highest BCUT2D eigenvalue weighted by molar-refractivity contribution is 5.75. The fourth-order valence-corrected chi connectivity index (χ4v) is 9.32. The number of carboxylic acids is 1. The fraction of sp³-hybridized carbons (Fsp3) is 0.960. The molecule has 0 spiro atoms. The number of epoxide rings is 1. The highest BCUT2D eigenvalue weighted by Crippen LogP contribution is 2.68. The van der Waals surface area contributed by atoms with Crippen LogP contribution in [0, 0.1) is 46.3 Å². The van der Waals surface area contributed by atoms with Crippen molar-refractivity contribution in [3.05, 3.63) is 0 Å². The molecule has 12 atom stereocenters. The molecule has 0 amide bonds. The lowest BCUT2D eigenvalue weighted by Crippen LogP contribution is -2.58. The molecular weight excluding hydrogens is 380 g/mol. The second kappa shape index (κ2) is 7.18. The molecule has 170 valence electrons. The van der Waals surface area contributed by atoms with Gasteiger partial charge in [0, 0.05) is 0 Å². The molecule has 5 nitrogen and oxygen atoms in total. The van der Waals surface area contributed by atoms with Crippen molar-refractivity contribution in [3.63, 3.8) is 0 Å². The first-order valence-corrected chi connectivity index (χ1v) is 12.4. The summed E-state index contributed by atoms with van der Waals surface area (Å²) in [6.07, 6.45) is 8.26. The van der Waals surface area contributed by atoms with Gasteiger partial charge in [0.2, 0.25) is 0 Å². The maximum Gasteiger partial charge on any atom is 0.335 e. The van der Waals surface area contributed by atoms with Crippen LogP contribution in [0.15, 0.2) is 0 Å². The first-order valence-electron chi connectivity index (χ1n) is 12.4. The van der Waals surface area contributed by atoms with Crippen LogP contribution in [0.1, 0.15) is 78.6 Å². The van der Waals surface area contributed by atoms with Gasteiger partial charge in [-0.25, -0.2) is 4.79 Å². The van der Waals surface area contributed by atoms with Gasteiger partial charge in [-0.3, -0.25) is 0 Å². The maximum absolute atomic E-state index is 11.2. The number of aliphatic hydroxyl groups excluding tert-OH is 2. The Balaban J connectivity index is 1.33. The smallest absolute Gasteiger partial charge is 0.335 e. The molecule has 5 aliphatic rings. The van der Waals surface area contributed by atoms with E-state index in [1.165, 1.54) is 25.7 Å². The molecule has 4 aliphatic carbocycles. The average Bonchev–Trinajstić information content (AvgIpc) is 3.35. The van der Waals surface area contributed by atoms with E-state index in [2.05, 4.69) is 20.8 Å². The van der Waals surface area contributed by atoms with E-state index in [4.69, 9.17) is 9.84 Å². The Hall–Kier alpha value is -0.650. The maximum atomic E-state index is 11.2. The van der Waals surface area contributed by atoms with Gasteiger partial charge in [-0.15, -0.1) is 0 Å². The summed E-state index contributed by atoms with van der Waals surface area (Å²) in [6, 6.07) is 0. The Bertz CT molecular complexity index is 695. The molecule has 0 aromatic heterocycles. The van der Waals surface area contributed by atoms with Crippen molar-refractivity contribution in [1.82, 2.24) is 0 Å². The van der Waals surface area contributed by atoms with E-state index in [0.29, 0.717) is 35.0 Å². The molecule has 3 N–H and O–H groups in total. The second-order valence-corrected chi connectivity index (χ2v) is 12.1. The molecule has 5 rings (SSSR count). The normalized spacial score (nSPS) is 55.8. The van der Waals surface area contributed by atoms with Gasteiger partial charge in [0.25, 0.3) is 0 Å². The quantitative estimate of drug-likeness (QED) is 0.601. The lowest BCUT2D eigenvalue weighted by atomic mass is 9.44. The number of fused-ring (bicyclic) bond motifs is 5. The Kier molecular flexibility index (Phi) is 5.08. The van der Waals surface area contributed by atoms with E-state index in [9.17, 15) is 15.0 Å². The predicted molar refractivity (Wildman–Crippen MR) is 113 cm³/mol. The van der Waals surface area contributed by atoms with Crippen LogP contribution in [-0.2, 0) is 9.53 Å². The number of carboxylic acid groups (broad SMARTS) is 1. The standard InChI is InChI=1S/C25H40O5/c1-13(10-21-22(30-21)23(28)29)16-4-5-17-15-12-20(27)19-11-14(26)6-8-25(19,3)18(15)7-9-24(16,17)2/h13-22,26-27H,4-12H2,1-3H3,(H,28,29)/t13-,14-,15?,16-,17?,18?,19+,20+,21?,22?,24-,25-/m1/s1. The van der Waals surface area contributed by atoms with Crippen molar-refractivity contribution in [2.24, 2.45) is 46.3 Å². The zero-order valence-corrected chi connectivity index (χ0v) is 18.8. The van der Waals surface area contributed by atoms with Gasteiger partial charge < -0.3 is 20.1 Å². The van der Waals surface area contributed by atoms with E-state index >= 15 is 0 Å². The van der Waals surface area contributed by atoms with Crippen LogP contribution in [0.4, 0.5) is 0 Å². The molecule has 0 aromatic rings. The molecule has 1 aliphatic heterocycles. The molecule has 4 saturated carbocycles. The topological polar surface area (TPSA) is 90.3 Å². The third kappa shape index (κ3) is 3.09. The van der Waals surface area contributed by atoms with Crippen molar-refractivity contribution in [2.75, 3.05) is 0 Å². The Morgan fingerprint density at radius 2 is 1.70 bits per heavy atom. The Morgan fingerprint density at radius 3 is 2.40 bits per heavy atom. The molecule has 5 fully saturated rings. The summed E-state index contributed by atoms with van der Waals surface area (Å²) in [5, 5.41) is 30.5. The summed E-state index contributed by atoms with van der Waals surface area (Å²) >= 11 is 0. The number of hydrogen-bond donors (Lipinski definition) is 3. The molecule has 1 saturated heterocycles. The number of carbonyl (C=O) groups is 1. The van der Waals surface area contributed by atoms with Gasteiger partial charge in [0.15, 0.2) is 6.10 Å². The van der Waals surface area contributed by atoms with Crippen molar-refractivity contribution in [2.45, 2.75) is 103 Å². The minimum Gasteiger partial charge on any atom is -0.479 e. The Morgan fingerprint density at radius 1 is 1.00 bits per heavy atom. The molecule has 30 heavy (non-hydrogen) atoms. The van der Waals surface area contributed by atoms with Crippen molar-refractivity contribution < 1.29 is 24.9 Å².